The van der Waals surface area contributed by atoms with Crippen molar-refractivity contribution in [1.82, 2.24) is 19.6 Å². The molecule has 3 aliphatic heterocycles. The van der Waals surface area contributed by atoms with E-state index < -0.39 is 47.7 Å². The maximum Gasteiger partial charge on any atom is 0.405 e. The molecule has 0 saturated carbocycles. The summed E-state index contributed by atoms with van der Waals surface area (Å²) in [5.41, 5.74) is 2.21. The molecule has 7 rings (SSSR count). The number of aliphatic imine (C=N–C) groups is 1. The number of carbonyl (C=O) groups is 1. The molecule has 284 valence electrons. The molecular weight excluding hydrogens is 728 g/mol. The minimum Gasteiger partial charge on any atom is -0.370 e. The van der Waals surface area contributed by atoms with Crippen LogP contribution in [0, 0.1) is 23.0 Å². The number of rotatable bonds is 11. The maximum absolute atomic E-state index is 16.0. The molecule has 10 nitrogen and oxygen atoms in total. The number of aryl methyl sites for hydroxylation is 1. The number of fused-ring (bicyclic) bond motifs is 1. The van der Waals surface area contributed by atoms with Crippen molar-refractivity contribution in [2.45, 2.75) is 50.2 Å². The zero-order valence-corrected chi connectivity index (χ0v) is 30.6. The van der Waals surface area contributed by atoms with Crippen LogP contribution in [0.1, 0.15) is 25.0 Å². The monoisotopic (exact) mass is 766 g/mol. The minimum absolute atomic E-state index is 0.0163. The molecule has 4 heterocycles. The number of piperazine rings is 1. The molecule has 16 heteroatoms. The molecule has 2 unspecified atom stereocenters. The Morgan fingerprint density at radius 2 is 1.80 bits per heavy atom. The van der Waals surface area contributed by atoms with Crippen LogP contribution < -0.4 is 9.80 Å². The lowest BCUT2D eigenvalue weighted by molar-refractivity contribution is -0.187. The summed E-state index contributed by atoms with van der Waals surface area (Å²) in [5, 5.41) is 15.6. The van der Waals surface area contributed by atoms with Crippen molar-refractivity contribution in [2.75, 3.05) is 61.5 Å². The standard InChI is InChI=1S/C38H39F5N8O2S/c1-3-50(37(23-44)35(45-24-54-37)26-10-12-27(39)13-11-26)36-30-16-28(17-31(40)34(30)46-51(36)4-2)47-14-15-48(32(20-47)38(41,42)43)21-33(52)49-18-29(19-49)53-22-25-8-6-5-7-9-25/h5-13,16-17,29,32H,3-4,14-15,18-22,24H2,1-2H3. The van der Waals surface area contributed by atoms with Crippen molar-refractivity contribution in [1.29, 1.82) is 5.26 Å². The number of amides is 1. The molecule has 2 fully saturated rings. The Balaban J connectivity index is 1.12. The highest BCUT2D eigenvalue weighted by atomic mass is 32.2. The number of carbonyl (C=O) groups excluding carboxylic acids is 1. The van der Waals surface area contributed by atoms with Crippen LogP contribution in [0.15, 0.2) is 71.7 Å². The van der Waals surface area contributed by atoms with Gasteiger partial charge in [-0.25, -0.2) is 13.5 Å². The smallest absolute Gasteiger partial charge is 0.370 e. The predicted octanol–water partition coefficient (Wildman–Crippen LogP) is 6.05. The number of anilines is 2. The number of halogens is 5. The van der Waals surface area contributed by atoms with Gasteiger partial charge in [-0.15, -0.1) is 0 Å². The molecule has 2 atom stereocenters. The zero-order chi connectivity index (χ0) is 38.2. The largest absolute Gasteiger partial charge is 0.405 e. The van der Waals surface area contributed by atoms with Gasteiger partial charge in [-0.3, -0.25) is 14.7 Å². The second-order valence-corrected chi connectivity index (χ2v) is 14.6. The number of likely N-dealkylation sites (N-methyl/N-ethyl adjacent to an activating group) is 1. The van der Waals surface area contributed by atoms with Crippen molar-refractivity contribution in [3.05, 3.63) is 89.5 Å². The highest BCUT2D eigenvalue weighted by Crippen LogP contribution is 2.44. The molecule has 0 radical (unpaired) electrons. The third kappa shape index (κ3) is 7.12. The molecule has 0 aliphatic carbocycles. The molecule has 3 aliphatic rings. The summed E-state index contributed by atoms with van der Waals surface area (Å²) in [5.74, 6) is -0.889. The lowest BCUT2D eigenvalue weighted by Crippen LogP contribution is -2.63. The van der Waals surface area contributed by atoms with Crippen molar-refractivity contribution < 1.29 is 31.5 Å². The number of hydrogen-bond acceptors (Lipinski definition) is 9. The van der Waals surface area contributed by atoms with E-state index >= 15 is 4.39 Å². The molecule has 4 aromatic rings. The van der Waals surface area contributed by atoms with Crippen LogP contribution in [0.25, 0.3) is 10.9 Å². The number of nitrogens with zero attached hydrogens (tertiary/aromatic N) is 8. The van der Waals surface area contributed by atoms with Crippen LogP contribution in [0.4, 0.5) is 33.5 Å². The van der Waals surface area contributed by atoms with E-state index in [1.807, 2.05) is 44.2 Å². The van der Waals surface area contributed by atoms with E-state index in [9.17, 15) is 27.6 Å². The lowest BCUT2D eigenvalue weighted by atomic mass is 10.0. The fourth-order valence-corrected chi connectivity index (χ4v) is 8.48. The highest BCUT2D eigenvalue weighted by Gasteiger charge is 2.49. The summed E-state index contributed by atoms with van der Waals surface area (Å²) in [6.07, 6.45) is -4.85. The van der Waals surface area contributed by atoms with Crippen LogP contribution in [0.2, 0.25) is 0 Å². The summed E-state index contributed by atoms with van der Waals surface area (Å²) < 4.78 is 81.1. The van der Waals surface area contributed by atoms with Gasteiger partial charge < -0.3 is 19.4 Å². The number of thioether (sulfide) groups is 1. The molecule has 2 saturated heterocycles. The van der Waals surface area contributed by atoms with Gasteiger partial charge in [-0.2, -0.15) is 23.5 Å². The lowest BCUT2D eigenvalue weighted by Gasteiger charge is -2.45. The molecule has 3 aromatic carbocycles. The van der Waals surface area contributed by atoms with Gasteiger partial charge in [0.15, 0.2) is 5.82 Å². The zero-order valence-electron chi connectivity index (χ0n) is 29.8. The van der Waals surface area contributed by atoms with Crippen molar-refractivity contribution in [3.8, 4) is 6.07 Å². The van der Waals surface area contributed by atoms with Crippen molar-refractivity contribution in [2.24, 2.45) is 4.99 Å². The van der Waals surface area contributed by atoms with E-state index in [0.717, 1.165) is 10.5 Å². The Labute approximate surface area is 313 Å². The molecule has 0 N–H and O–H groups in total. The number of nitriles is 1. The molecule has 0 bridgehead atoms. The second-order valence-electron chi connectivity index (χ2n) is 13.4. The molecule has 1 aromatic heterocycles. The first-order chi connectivity index (χ1) is 25.9. The third-order valence-corrected chi connectivity index (χ3v) is 11.4. The summed E-state index contributed by atoms with van der Waals surface area (Å²) in [7, 11) is 0. The average Bonchev–Trinajstić information content (AvgIpc) is 3.74. The molecule has 0 spiro atoms. The molecular formula is C38H39F5N8O2S. The van der Waals surface area contributed by atoms with Crippen molar-refractivity contribution >= 4 is 45.8 Å². The highest BCUT2D eigenvalue weighted by molar-refractivity contribution is 8.02. The van der Waals surface area contributed by atoms with Gasteiger partial charge in [-0.1, -0.05) is 54.2 Å². The van der Waals surface area contributed by atoms with Gasteiger partial charge in [0.05, 0.1) is 30.8 Å². The first-order valence-electron chi connectivity index (χ1n) is 17.8. The summed E-state index contributed by atoms with van der Waals surface area (Å²) >= 11 is 1.26. The Morgan fingerprint density at radius 3 is 2.46 bits per heavy atom. The Hall–Kier alpha value is -4.72. The van der Waals surface area contributed by atoms with Gasteiger partial charge in [0, 0.05) is 62.5 Å². The van der Waals surface area contributed by atoms with E-state index in [1.54, 1.807) is 27.8 Å². The van der Waals surface area contributed by atoms with Crippen molar-refractivity contribution in [3.63, 3.8) is 0 Å². The first kappa shape index (κ1) is 37.6. The number of aromatic nitrogens is 2. The first-order valence-corrected chi connectivity index (χ1v) is 18.8. The number of alkyl halides is 3. The van der Waals surface area contributed by atoms with Gasteiger partial charge >= 0.3 is 6.18 Å². The van der Waals surface area contributed by atoms with E-state index in [1.165, 1.54) is 39.8 Å². The summed E-state index contributed by atoms with van der Waals surface area (Å²) in [4.78, 5) is 22.3. The Bertz CT molecular complexity index is 2070. The van der Waals surface area contributed by atoms with E-state index in [-0.39, 0.29) is 42.8 Å². The fourth-order valence-electron chi connectivity index (χ4n) is 7.35. The number of likely N-dealkylation sites (tertiary alicyclic amines) is 1. The van der Waals surface area contributed by atoms with Crippen LogP contribution in [0.5, 0.6) is 0 Å². The second kappa shape index (κ2) is 15.2. The maximum atomic E-state index is 16.0. The van der Waals surface area contributed by atoms with Gasteiger partial charge in [-0.05, 0) is 43.7 Å². The number of ether oxygens (including phenoxy) is 1. The van der Waals surface area contributed by atoms with Gasteiger partial charge in [0.2, 0.25) is 10.8 Å². The van der Waals surface area contributed by atoms with Crippen LogP contribution in [0.3, 0.4) is 0 Å². The van der Waals surface area contributed by atoms with Gasteiger partial charge in [0.1, 0.15) is 29.3 Å². The average molecular weight is 767 g/mol. The van der Waals surface area contributed by atoms with E-state index in [2.05, 4.69) is 16.2 Å². The minimum atomic E-state index is -4.66. The Kier molecular flexibility index (Phi) is 10.6. The summed E-state index contributed by atoms with van der Waals surface area (Å²) in [6, 6.07) is 18.5. The molecule has 1 amide bonds. The third-order valence-electron chi connectivity index (χ3n) is 10.2. The van der Waals surface area contributed by atoms with E-state index in [4.69, 9.17) is 4.74 Å². The quantitative estimate of drug-likeness (QED) is 0.171. The van der Waals surface area contributed by atoms with Crippen LogP contribution >= 0.6 is 11.8 Å². The van der Waals surface area contributed by atoms with Gasteiger partial charge in [0.25, 0.3) is 0 Å². The SMILES string of the molecule is CCN(c1c2cc(N3CCN(CC(=O)N4CC(OCc5ccccc5)C4)C(C(F)(F)F)C3)cc(F)c2nn1CC)C1(C#N)SCN=C1c1ccc(F)cc1. The van der Waals surface area contributed by atoms with Crippen LogP contribution in [-0.4, -0.2) is 106 Å². The normalized spacial score (nSPS) is 20.9. The molecule has 54 heavy (non-hydrogen) atoms. The number of benzene rings is 3. The fraction of sp³-hybridized carbons (Fsp3) is 0.421. The summed E-state index contributed by atoms with van der Waals surface area (Å²) in [6.45, 7) is 4.37. The van der Waals surface area contributed by atoms with E-state index in [0.29, 0.717) is 48.7 Å². The predicted molar refractivity (Wildman–Crippen MR) is 197 cm³/mol. The Morgan fingerprint density at radius 1 is 1.06 bits per heavy atom. The van der Waals surface area contributed by atoms with Crippen LogP contribution in [-0.2, 0) is 22.7 Å². The topological polar surface area (TPSA) is 93.2 Å². The number of hydrogen-bond donors (Lipinski definition) is 0.